The summed E-state index contributed by atoms with van der Waals surface area (Å²) in [5, 5.41) is 3.49. The number of ketones is 1. The van der Waals surface area contributed by atoms with Gasteiger partial charge in [-0.15, -0.1) is 0 Å². The number of rotatable bonds is 5. The molecule has 1 aromatic heterocycles. The molecule has 7 nitrogen and oxygen atoms in total. The van der Waals surface area contributed by atoms with Crippen molar-refractivity contribution >= 4 is 22.7 Å². The van der Waals surface area contributed by atoms with Gasteiger partial charge in [-0.1, -0.05) is 12.1 Å². The van der Waals surface area contributed by atoms with Gasteiger partial charge in [0.15, 0.2) is 23.0 Å². The number of carbonyl (C=O) groups excluding carboxylic acids is 2. The molecule has 0 spiro atoms. The van der Waals surface area contributed by atoms with E-state index in [0.717, 1.165) is 5.56 Å². The van der Waals surface area contributed by atoms with E-state index in [2.05, 4.69) is 5.32 Å². The van der Waals surface area contributed by atoms with Crippen LogP contribution in [0.3, 0.4) is 0 Å². The Morgan fingerprint density at radius 1 is 1.16 bits per heavy atom. The molecule has 162 valence electrons. The largest absolute Gasteiger partial charge is 0.493 e. The fraction of sp³-hybridized carbons (Fsp3) is 0.333. The Hall–Kier alpha value is -3.48. The number of para-hydroxylation sites is 1. The van der Waals surface area contributed by atoms with Gasteiger partial charge in [-0.2, -0.15) is 0 Å². The number of benzene rings is 2. The normalized spacial score (nSPS) is 14.7. The minimum Gasteiger partial charge on any atom is -0.493 e. The van der Waals surface area contributed by atoms with Crippen LogP contribution in [0, 0.1) is 6.92 Å². The second-order valence-electron chi connectivity index (χ2n) is 8.17. The van der Waals surface area contributed by atoms with Gasteiger partial charge in [0.05, 0.1) is 26.2 Å². The van der Waals surface area contributed by atoms with E-state index in [1.165, 1.54) is 0 Å². The van der Waals surface area contributed by atoms with Crippen molar-refractivity contribution in [2.75, 3.05) is 14.2 Å². The molecule has 1 aliphatic heterocycles. The standard InChI is InChI=1S/C24H25NO6/c1-13-19-16(9-10-17-20(19)15(26)11-24(2,3)31-17)30-21(13)23(27)25-12-14-7-6-8-18(28-4)22(14)29-5/h6-10H,11-12H2,1-5H3,(H,25,27). The van der Waals surface area contributed by atoms with Crippen molar-refractivity contribution < 1.29 is 28.2 Å². The summed E-state index contributed by atoms with van der Waals surface area (Å²) in [4.78, 5) is 25.8. The number of hydrogen-bond acceptors (Lipinski definition) is 6. The fourth-order valence-electron chi connectivity index (χ4n) is 4.06. The van der Waals surface area contributed by atoms with Crippen LogP contribution in [0.25, 0.3) is 11.0 Å². The van der Waals surface area contributed by atoms with E-state index in [1.54, 1.807) is 39.3 Å². The lowest BCUT2D eigenvalue weighted by Crippen LogP contribution is -2.36. The lowest BCUT2D eigenvalue weighted by molar-refractivity contribution is 0.0623. The third-order valence-corrected chi connectivity index (χ3v) is 5.44. The van der Waals surface area contributed by atoms with Gasteiger partial charge in [0.2, 0.25) is 0 Å². The summed E-state index contributed by atoms with van der Waals surface area (Å²) in [6.07, 6.45) is 0.265. The topological polar surface area (TPSA) is 87.0 Å². The van der Waals surface area contributed by atoms with Crippen LogP contribution < -0.4 is 19.5 Å². The number of carbonyl (C=O) groups is 2. The lowest BCUT2D eigenvalue weighted by atomic mass is 9.90. The monoisotopic (exact) mass is 423 g/mol. The molecule has 0 radical (unpaired) electrons. The van der Waals surface area contributed by atoms with Gasteiger partial charge in [-0.3, -0.25) is 9.59 Å². The predicted octanol–water partition coefficient (Wildman–Crippen LogP) is 4.43. The third-order valence-electron chi connectivity index (χ3n) is 5.44. The van der Waals surface area contributed by atoms with Crippen LogP contribution >= 0.6 is 0 Å². The fourth-order valence-corrected chi connectivity index (χ4v) is 4.06. The zero-order chi connectivity index (χ0) is 22.3. The minimum atomic E-state index is -0.564. The highest BCUT2D eigenvalue weighted by molar-refractivity contribution is 6.13. The van der Waals surface area contributed by atoms with E-state index >= 15 is 0 Å². The molecule has 1 amide bonds. The van der Waals surface area contributed by atoms with Crippen molar-refractivity contribution in [3.8, 4) is 17.2 Å². The molecule has 0 saturated heterocycles. The predicted molar refractivity (Wildman–Crippen MR) is 115 cm³/mol. The van der Waals surface area contributed by atoms with Crippen molar-refractivity contribution in [1.82, 2.24) is 5.32 Å². The average Bonchev–Trinajstić information content (AvgIpc) is 3.07. The number of furan rings is 1. The van der Waals surface area contributed by atoms with Gasteiger partial charge in [-0.05, 0) is 39.0 Å². The van der Waals surface area contributed by atoms with Crippen molar-refractivity contribution in [2.45, 2.75) is 39.3 Å². The number of hydrogen-bond donors (Lipinski definition) is 1. The first-order valence-corrected chi connectivity index (χ1v) is 10.0. The quantitative estimate of drug-likeness (QED) is 0.653. The highest BCUT2D eigenvalue weighted by Gasteiger charge is 2.35. The summed E-state index contributed by atoms with van der Waals surface area (Å²) in [6.45, 7) is 5.77. The van der Waals surface area contributed by atoms with Crippen molar-refractivity contribution in [3.05, 3.63) is 52.8 Å². The summed E-state index contributed by atoms with van der Waals surface area (Å²) in [7, 11) is 3.11. The van der Waals surface area contributed by atoms with Crippen LogP contribution in [0.5, 0.6) is 17.2 Å². The van der Waals surface area contributed by atoms with Gasteiger partial charge in [0.25, 0.3) is 5.91 Å². The van der Waals surface area contributed by atoms with E-state index < -0.39 is 5.60 Å². The summed E-state index contributed by atoms with van der Waals surface area (Å²) in [6, 6.07) is 8.92. The van der Waals surface area contributed by atoms with Gasteiger partial charge < -0.3 is 23.9 Å². The van der Waals surface area contributed by atoms with E-state index in [4.69, 9.17) is 18.6 Å². The van der Waals surface area contributed by atoms with E-state index in [1.807, 2.05) is 26.0 Å². The molecule has 0 bridgehead atoms. The molecule has 2 aromatic carbocycles. The molecule has 1 aliphatic rings. The van der Waals surface area contributed by atoms with Gasteiger partial charge in [0, 0.05) is 23.1 Å². The number of aryl methyl sites for hydroxylation is 1. The molecule has 1 N–H and O–H groups in total. The van der Waals surface area contributed by atoms with E-state index in [9.17, 15) is 9.59 Å². The SMILES string of the molecule is COc1cccc(CNC(=O)c2oc3ccc4c(c3c2C)C(=O)CC(C)(C)O4)c1OC. The van der Waals surface area contributed by atoms with Crippen LogP contribution in [0.2, 0.25) is 0 Å². The maximum Gasteiger partial charge on any atom is 0.287 e. The third kappa shape index (κ3) is 3.60. The van der Waals surface area contributed by atoms with Crippen LogP contribution in [0.1, 0.15) is 52.3 Å². The number of fused-ring (bicyclic) bond motifs is 3. The van der Waals surface area contributed by atoms with E-state index in [-0.39, 0.29) is 30.4 Å². The molecule has 31 heavy (non-hydrogen) atoms. The molecule has 0 atom stereocenters. The Morgan fingerprint density at radius 2 is 1.94 bits per heavy atom. The molecule has 0 aliphatic carbocycles. The maximum atomic E-state index is 12.9. The number of nitrogens with one attached hydrogen (secondary N) is 1. The summed E-state index contributed by atoms with van der Waals surface area (Å²) < 4.78 is 22.5. The molecule has 0 saturated carbocycles. The lowest BCUT2D eigenvalue weighted by Gasteiger charge is -2.31. The van der Waals surface area contributed by atoms with Gasteiger partial charge in [-0.25, -0.2) is 0 Å². The molecular formula is C24H25NO6. The molecule has 0 unspecified atom stereocenters. The van der Waals surface area contributed by atoms with Crippen LogP contribution in [0.4, 0.5) is 0 Å². The first kappa shape index (κ1) is 20.8. The van der Waals surface area contributed by atoms with Crippen LogP contribution in [0.15, 0.2) is 34.7 Å². The van der Waals surface area contributed by atoms with Crippen LogP contribution in [-0.2, 0) is 6.54 Å². The first-order valence-electron chi connectivity index (χ1n) is 10.0. The average molecular weight is 423 g/mol. The Morgan fingerprint density at radius 3 is 2.65 bits per heavy atom. The van der Waals surface area contributed by atoms with Gasteiger partial charge >= 0.3 is 0 Å². The number of amides is 1. The Balaban J connectivity index is 1.65. The highest BCUT2D eigenvalue weighted by atomic mass is 16.5. The highest BCUT2D eigenvalue weighted by Crippen LogP contribution is 2.40. The Labute approximate surface area is 180 Å². The molecular weight excluding hydrogens is 398 g/mol. The summed E-state index contributed by atoms with van der Waals surface area (Å²) >= 11 is 0. The smallest absolute Gasteiger partial charge is 0.287 e. The van der Waals surface area contributed by atoms with Crippen molar-refractivity contribution in [1.29, 1.82) is 0 Å². The maximum absolute atomic E-state index is 12.9. The molecule has 2 heterocycles. The van der Waals surface area contributed by atoms with Crippen molar-refractivity contribution in [2.24, 2.45) is 0 Å². The summed E-state index contributed by atoms with van der Waals surface area (Å²) in [5.41, 5.74) is 1.78. The Kier molecular flexibility index (Phi) is 5.13. The minimum absolute atomic E-state index is 0.0196. The number of ether oxygens (including phenoxy) is 3. The molecule has 0 fully saturated rings. The first-order chi connectivity index (χ1) is 14.8. The number of methoxy groups -OCH3 is 2. The zero-order valence-electron chi connectivity index (χ0n) is 18.3. The molecule has 3 aromatic rings. The second-order valence-corrected chi connectivity index (χ2v) is 8.17. The second kappa shape index (κ2) is 7.65. The molecule has 4 rings (SSSR count). The van der Waals surface area contributed by atoms with Gasteiger partial charge in [0.1, 0.15) is 16.9 Å². The zero-order valence-corrected chi connectivity index (χ0v) is 18.3. The number of Topliss-reactive ketones (excluding diaryl/α,β-unsaturated/α-hetero) is 1. The van der Waals surface area contributed by atoms with E-state index in [0.29, 0.717) is 39.3 Å². The molecule has 7 heteroatoms. The summed E-state index contributed by atoms with van der Waals surface area (Å²) in [5.74, 6) is 1.44. The van der Waals surface area contributed by atoms with Crippen LogP contribution in [-0.4, -0.2) is 31.5 Å². The van der Waals surface area contributed by atoms with Crippen molar-refractivity contribution in [3.63, 3.8) is 0 Å². The Bertz CT molecular complexity index is 1190.